The second-order valence-corrected chi connectivity index (χ2v) is 7.15. The van der Waals surface area contributed by atoms with Gasteiger partial charge in [0.2, 0.25) is 5.91 Å². The van der Waals surface area contributed by atoms with Gasteiger partial charge in [0.15, 0.2) is 0 Å². The number of fused-ring (bicyclic) bond motifs is 1. The van der Waals surface area contributed by atoms with E-state index in [-0.39, 0.29) is 5.91 Å². The SMILES string of the molecule is CN(C[C@@H]1CCCN2CCCC[C@@H]12)C(=O)CCCn1cccn1. The van der Waals surface area contributed by atoms with Gasteiger partial charge in [0, 0.05) is 45.0 Å². The van der Waals surface area contributed by atoms with Crippen molar-refractivity contribution < 1.29 is 4.79 Å². The maximum Gasteiger partial charge on any atom is 0.222 e. The van der Waals surface area contributed by atoms with Gasteiger partial charge in [-0.2, -0.15) is 5.10 Å². The Morgan fingerprint density at radius 3 is 2.96 bits per heavy atom. The summed E-state index contributed by atoms with van der Waals surface area (Å²) in [6.45, 7) is 4.29. The molecule has 5 nitrogen and oxygen atoms in total. The summed E-state index contributed by atoms with van der Waals surface area (Å²) in [5.41, 5.74) is 0. The zero-order chi connectivity index (χ0) is 16.1. The number of hydrogen-bond acceptors (Lipinski definition) is 3. The molecule has 1 aromatic rings. The molecule has 0 aliphatic carbocycles. The first kappa shape index (κ1) is 16.5. The van der Waals surface area contributed by atoms with Crippen molar-refractivity contribution in [1.29, 1.82) is 0 Å². The molecule has 3 heterocycles. The third-order valence-corrected chi connectivity index (χ3v) is 5.50. The van der Waals surface area contributed by atoms with Crippen molar-refractivity contribution >= 4 is 5.91 Å². The summed E-state index contributed by atoms with van der Waals surface area (Å²) in [4.78, 5) is 17.0. The average molecular weight is 318 g/mol. The Labute approximate surface area is 139 Å². The molecule has 0 unspecified atom stereocenters. The minimum atomic E-state index is 0.282. The van der Waals surface area contributed by atoms with E-state index in [4.69, 9.17) is 0 Å². The molecule has 23 heavy (non-hydrogen) atoms. The number of aryl methyl sites for hydroxylation is 1. The number of carbonyl (C=O) groups excluding carboxylic acids is 1. The summed E-state index contributed by atoms with van der Waals surface area (Å²) in [5.74, 6) is 0.953. The Morgan fingerprint density at radius 2 is 2.13 bits per heavy atom. The maximum absolute atomic E-state index is 12.4. The van der Waals surface area contributed by atoms with E-state index in [0.717, 1.165) is 25.6 Å². The highest BCUT2D eigenvalue weighted by molar-refractivity contribution is 5.75. The fourth-order valence-electron chi connectivity index (χ4n) is 4.26. The van der Waals surface area contributed by atoms with Crippen LogP contribution in [0.1, 0.15) is 44.9 Å². The third-order valence-electron chi connectivity index (χ3n) is 5.50. The van der Waals surface area contributed by atoms with Crippen LogP contribution in [0.25, 0.3) is 0 Å². The summed E-state index contributed by atoms with van der Waals surface area (Å²) in [6.07, 6.45) is 11.8. The molecule has 2 fully saturated rings. The van der Waals surface area contributed by atoms with E-state index in [1.807, 2.05) is 28.9 Å². The molecule has 1 aromatic heterocycles. The van der Waals surface area contributed by atoms with Crippen LogP contribution in [0.2, 0.25) is 0 Å². The molecule has 2 aliphatic heterocycles. The zero-order valence-corrected chi connectivity index (χ0v) is 14.4. The number of rotatable bonds is 6. The fourth-order valence-corrected chi connectivity index (χ4v) is 4.26. The van der Waals surface area contributed by atoms with E-state index < -0.39 is 0 Å². The van der Waals surface area contributed by atoms with Crippen LogP contribution in [0.4, 0.5) is 0 Å². The molecule has 0 N–H and O–H groups in total. The standard InChI is InChI=1S/C18H30N4O/c1-20(18(23)9-5-13-22-14-6-10-19-22)15-16-7-4-12-21-11-3-2-8-17(16)21/h6,10,14,16-17H,2-5,7-9,11-13,15H2,1H3/t16-,17-/m0/s1. The molecule has 2 aliphatic rings. The normalized spacial score (nSPS) is 25.1. The summed E-state index contributed by atoms with van der Waals surface area (Å²) in [6, 6.07) is 2.64. The van der Waals surface area contributed by atoms with Gasteiger partial charge in [0.1, 0.15) is 0 Å². The monoisotopic (exact) mass is 318 g/mol. The summed E-state index contributed by atoms with van der Waals surface area (Å²) in [7, 11) is 1.98. The molecule has 0 radical (unpaired) electrons. The number of aromatic nitrogens is 2. The molecule has 0 bridgehead atoms. The fraction of sp³-hybridized carbons (Fsp3) is 0.778. The predicted octanol–water partition coefficient (Wildman–Crippen LogP) is 2.39. The number of amides is 1. The molecule has 0 spiro atoms. The van der Waals surface area contributed by atoms with Crippen molar-refractivity contribution in [1.82, 2.24) is 19.6 Å². The third kappa shape index (κ3) is 4.34. The van der Waals surface area contributed by atoms with Crippen molar-refractivity contribution in [2.24, 2.45) is 5.92 Å². The molecule has 1 amide bonds. The first-order chi connectivity index (χ1) is 11.2. The summed E-state index contributed by atoms with van der Waals surface area (Å²) in [5, 5.41) is 4.18. The van der Waals surface area contributed by atoms with Gasteiger partial charge in [-0.3, -0.25) is 9.48 Å². The van der Waals surface area contributed by atoms with Crippen LogP contribution in [0.5, 0.6) is 0 Å². The van der Waals surface area contributed by atoms with Crippen LogP contribution in [-0.2, 0) is 11.3 Å². The van der Waals surface area contributed by atoms with E-state index in [9.17, 15) is 4.79 Å². The lowest BCUT2D eigenvalue weighted by molar-refractivity contribution is -0.131. The van der Waals surface area contributed by atoms with Crippen molar-refractivity contribution in [3.8, 4) is 0 Å². The smallest absolute Gasteiger partial charge is 0.222 e. The molecular weight excluding hydrogens is 288 g/mol. The molecule has 5 heteroatoms. The highest BCUT2D eigenvalue weighted by Gasteiger charge is 2.33. The lowest BCUT2D eigenvalue weighted by atomic mass is 9.83. The Morgan fingerprint density at radius 1 is 1.26 bits per heavy atom. The minimum Gasteiger partial charge on any atom is -0.345 e. The van der Waals surface area contributed by atoms with Gasteiger partial charge in [-0.05, 0) is 57.2 Å². The zero-order valence-electron chi connectivity index (χ0n) is 14.4. The highest BCUT2D eigenvalue weighted by atomic mass is 16.2. The van der Waals surface area contributed by atoms with Gasteiger partial charge in [-0.15, -0.1) is 0 Å². The molecule has 0 saturated carbocycles. The molecule has 2 saturated heterocycles. The van der Waals surface area contributed by atoms with Gasteiger partial charge in [0.05, 0.1) is 0 Å². The second kappa shape index (κ2) is 7.95. The van der Waals surface area contributed by atoms with Crippen LogP contribution in [0.15, 0.2) is 18.5 Å². The van der Waals surface area contributed by atoms with E-state index in [1.54, 1.807) is 6.20 Å². The van der Waals surface area contributed by atoms with E-state index in [1.165, 1.54) is 45.2 Å². The second-order valence-electron chi connectivity index (χ2n) is 7.15. The quantitative estimate of drug-likeness (QED) is 0.809. The van der Waals surface area contributed by atoms with Crippen LogP contribution in [0, 0.1) is 5.92 Å². The van der Waals surface area contributed by atoms with E-state index >= 15 is 0 Å². The topological polar surface area (TPSA) is 41.4 Å². The summed E-state index contributed by atoms with van der Waals surface area (Å²) < 4.78 is 1.90. The van der Waals surface area contributed by atoms with Crippen LogP contribution in [0.3, 0.4) is 0 Å². The molecule has 2 atom stereocenters. The van der Waals surface area contributed by atoms with Gasteiger partial charge in [0.25, 0.3) is 0 Å². The lowest BCUT2D eigenvalue weighted by Crippen LogP contribution is -2.51. The summed E-state index contributed by atoms with van der Waals surface area (Å²) >= 11 is 0. The van der Waals surface area contributed by atoms with Crippen molar-refractivity contribution in [3.63, 3.8) is 0 Å². The Kier molecular flexibility index (Phi) is 5.70. The maximum atomic E-state index is 12.4. The van der Waals surface area contributed by atoms with Gasteiger partial charge >= 0.3 is 0 Å². The molecule has 3 rings (SSSR count). The number of nitrogens with zero attached hydrogens (tertiary/aromatic N) is 4. The van der Waals surface area contributed by atoms with Gasteiger partial charge in [-0.25, -0.2) is 0 Å². The number of piperidine rings is 2. The van der Waals surface area contributed by atoms with E-state index in [0.29, 0.717) is 12.3 Å². The largest absolute Gasteiger partial charge is 0.345 e. The van der Waals surface area contributed by atoms with Crippen molar-refractivity contribution in [2.45, 2.75) is 57.5 Å². The Hall–Kier alpha value is -1.36. The predicted molar refractivity (Wildman–Crippen MR) is 91.0 cm³/mol. The first-order valence-electron chi connectivity index (χ1n) is 9.19. The van der Waals surface area contributed by atoms with Crippen molar-refractivity contribution in [2.75, 3.05) is 26.7 Å². The number of hydrogen-bond donors (Lipinski definition) is 0. The van der Waals surface area contributed by atoms with E-state index in [2.05, 4.69) is 10.00 Å². The molecule has 0 aromatic carbocycles. The average Bonchev–Trinajstić information content (AvgIpc) is 3.08. The Bertz CT molecular complexity index is 485. The Balaban J connectivity index is 1.43. The lowest BCUT2D eigenvalue weighted by Gasteiger charge is -2.45. The molecule has 128 valence electrons. The highest BCUT2D eigenvalue weighted by Crippen LogP contribution is 2.31. The number of carbonyl (C=O) groups is 1. The molecular formula is C18H30N4O. The van der Waals surface area contributed by atoms with Crippen LogP contribution < -0.4 is 0 Å². The van der Waals surface area contributed by atoms with Crippen LogP contribution in [-0.4, -0.2) is 58.2 Å². The first-order valence-corrected chi connectivity index (χ1v) is 9.19. The van der Waals surface area contributed by atoms with Crippen molar-refractivity contribution in [3.05, 3.63) is 18.5 Å². The van der Waals surface area contributed by atoms with Gasteiger partial charge in [-0.1, -0.05) is 6.42 Å². The van der Waals surface area contributed by atoms with Crippen LogP contribution >= 0.6 is 0 Å². The minimum absolute atomic E-state index is 0.282. The van der Waals surface area contributed by atoms with Gasteiger partial charge < -0.3 is 9.80 Å².